The van der Waals surface area contributed by atoms with Gasteiger partial charge in [-0.3, -0.25) is 9.59 Å². The van der Waals surface area contributed by atoms with E-state index in [1.165, 1.54) is 43.2 Å². The summed E-state index contributed by atoms with van der Waals surface area (Å²) in [6.07, 6.45) is -4.67. The van der Waals surface area contributed by atoms with Gasteiger partial charge in [-0.1, -0.05) is 12.1 Å². The number of aromatic nitrogens is 2. The molecular formula is C28H25F4N5O4. The molecule has 5 rings (SSSR count). The second kappa shape index (κ2) is 10.5. The molecule has 13 heteroatoms. The summed E-state index contributed by atoms with van der Waals surface area (Å²) in [4.78, 5) is 35.8. The van der Waals surface area contributed by atoms with E-state index in [-0.39, 0.29) is 52.7 Å². The van der Waals surface area contributed by atoms with Crippen molar-refractivity contribution < 1.29 is 36.3 Å². The average molecular weight is 572 g/mol. The minimum absolute atomic E-state index is 0.0108. The van der Waals surface area contributed by atoms with E-state index >= 15 is 0 Å². The number of hydrogen-bond acceptors (Lipinski definition) is 7. The smallest absolute Gasteiger partial charge is 0.433 e. The summed E-state index contributed by atoms with van der Waals surface area (Å²) in [7, 11) is 1.30. The molecule has 0 bridgehead atoms. The highest BCUT2D eigenvalue weighted by atomic mass is 19.4. The first kappa shape index (κ1) is 28.0. The van der Waals surface area contributed by atoms with Crippen molar-refractivity contribution in [3.8, 4) is 17.2 Å². The number of pyridine rings is 1. The molecule has 3 heterocycles. The molecule has 2 atom stereocenters. The van der Waals surface area contributed by atoms with Gasteiger partial charge in [0.15, 0.2) is 11.5 Å². The Hall–Kier alpha value is -4.52. The maximum absolute atomic E-state index is 14.1. The van der Waals surface area contributed by atoms with Crippen LogP contribution in [0.4, 0.5) is 17.6 Å². The van der Waals surface area contributed by atoms with Crippen molar-refractivity contribution in [2.75, 3.05) is 7.11 Å². The molecule has 4 aromatic rings. The summed E-state index contributed by atoms with van der Waals surface area (Å²) in [6, 6.07) is 7.83. The van der Waals surface area contributed by atoms with Gasteiger partial charge in [-0.2, -0.15) is 13.2 Å². The standard InChI is InChI=1S/C28H25F4N5O4/c1-13(33)24-23(25(38)34-14(2)27(39)37-11-15-5-4-6-19(29)18(15)12-37)36-26(41-24)17-7-9-20(40-3)22-16(17)8-10-21(35-22)28(30,31)32/h4-10,13-14H,11-12,33H2,1-3H3,(H,34,38)/t13-,14+/m0/s1. The Morgan fingerprint density at radius 3 is 2.51 bits per heavy atom. The van der Waals surface area contributed by atoms with E-state index < -0.39 is 41.6 Å². The van der Waals surface area contributed by atoms with E-state index in [0.29, 0.717) is 11.1 Å². The fraction of sp³-hybridized carbons (Fsp3) is 0.286. The highest BCUT2D eigenvalue weighted by Gasteiger charge is 2.34. The lowest BCUT2D eigenvalue weighted by atomic mass is 10.1. The third-order valence-electron chi connectivity index (χ3n) is 6.80. The quantitative estimate of drug-likeness (QED) is 0.321. The van der Waals surface area contributed by atoms with Crippen LogP contribution in [0, 0.1) is 5.82 Å². The first-order chi connectivity index (χ1) is 19.4. The highest BCUT2D eigenvalue weighted by molar-refractivity contribution is 5.99. The van der Waals surface area contributed by atoms with Gasteiger partial charge in [-0.05, 0) is 49.7 Å². The Morgan fingerprint density at radius 2 is 1.85 bits per heavy atom. The van der Waals surface area contributed by atoms with Crippen LogP contribution in [0.1, 0.15) is 53.0 Å². The molecule has 1 aliphatic rings. The molecule has 3 N–H and O–H groups in total. The Bertz CT molecular complexity index is 1670. The summed E-state index contributed by atoms with van der Waals surface area (Å²) in [6.45, 7) is 3.34. The molecule has 0 saturated carbocycles. The largest absolute Gasteiger partial charge is 0.494 e. The van der Waals surface area contributed by atoms with E-state index in [0.717, 1.165) is 6.07 Å². The molecule has 0 fully saturated rings. The number of nitrogens with two attached hydrogens (primary N) is 1. The van der Waals surface area contributed by atoms with E-state index in [4.69, 9.17) is 14.9 Å². The molecule has 214 valence electrons. The molecule has 0 radical (unpaired) electrons. The number of amides is 2. The molecule has 2 aromatic heterocycles. The van der Waals surface area contributed by atoms with Gasteiger partial charge in [0.05, 0.1) is 13.2 Å². The van der Waals surface area contributed by atoms with Crippen LogP contribution >= 0.6 is 0 Å². The van der Waals surface area contributed by atoms with Crippen LogP contribution in [-0.2, 0) is 24.1 Å². The van der Waals surface area contributed by atoms with E-state index in [2.05, 4.69) is 15.3 Å². The molecule has 0 unspecified atom stereocenters. The number of hydrogen-bond donors (Lipinski definition) is 2. The average Bonchev–Trinajstić information content (AvgIpc) is 3.57. The summed E-state index contributed by atoms with van der Waals surface area (Å²) in [5.41, 5.74) is 6.06. The van der Waals surface area contributed by atoms with Gasteiger partial charge in [0.2, 0.25) is 11.8 Å². The molecule has 1 aliphatic heterocycles. The fourth-order valence-electron chi connectivity index (χ4n) is 4.76. The number of carbonyl (C=O) groups excluding carboxylic acids is 2. The molecular weight excluding hydrogens is 546 g/mol. The maximum Gasteiger partial charge on any atom is 0.433 e. The Labute approximate surface area is 231 Å². The number of ether oxygens (including phenoxy) is 1. The minimum Gasteiger partial charge on any atom is -0.494 e. The van der Waals surface area contributed by atoms with Crippen molar-refractivity contribution in [3.05, 3.63) is 76.6 Å². The normalized spacial score (nSPS) is 14.6. The van der Waals surface area contributed by atoms with Crippen LogP contribution < -0.4 is 15.8 Å². The van der Waals surface area contributed by atoms with Crippen molar-refractivity contribution in [1.29, 1.82) is 0 Å². The predicted molar refractivity (Wildman–Crippen MR) is 139 cm³/mol. The first-order valence-electron chi connectivity index (χ1n) is 12.6. The number of carbonyl (C=O) groups is 2. The second-order valence-corrected chi connectivity index (χ2v) is 9.69. The second-order valence-electron chi connectivity index (χ2n) is 9.69. The SMILES string of the molecule is COc1ccc(-c2nc(C(=O)N[C@H](C)C(=O)N3Cc4cccc(F)c4C3)c([C@H](C)N)o2)c2ccc(C(F)(F)F)nc12. The number of nitrogens with zero attached hydrogens (tertiary/aromatic N) is 3. The number of oxazole rings is 1. The third-order valence-corrected chi connectivity index (χ3v) is 6.80. The molecule has 41 heavy (non-hydrogen) atoms. The van der Waals surface area contributed by atoms with Crippen molar-refractivity contribution in [1.82, 2.24) is 20.2 Å². The zero-order chi connectivity index (χ0) is 29.6. The van der Waals surface area contributed by atoms with Crippen molar-refractivity contribution >= 4 is 22.7 Å². The van der Waals surface area contributed by atoms with Gasteiger partial charge in [0.1, 0.15) is 28.8 Å². The minimum atomic E-state index is -4.67. The van der Waals surface area contributed by atoms with E-state index in [9.17, 15) is 27.2 Å². The Kier molecular flexibility index (Phi) is 7.15. The predicted octanol–water partition coefficient (Wildman–Crippen LogP) is 4.74. The monoisotopic (exact) mass is 571 g/mol. The van der Waals surface area contributed by atoms with Crippen LogP contribution in [-0.4, -0.2) is 39.8 Å². The van der Waals surface area contributed by atoms with Gasteiger partial charge < -0.3 is 25.1 Å². The summed E-state index contributed by atoms with van der Waals surface area (Å²) in [5, 5.41) is 2.84. The van der Waals surface area contributed by atoms with E-state index in [1.54, 1.807) is 19.1 Å². The molecule has 0 aliphatic carbocycles. The molecule has 9 nitrogen and oxygen atoms in total. The molecule has 0 spiro atoms. The van der Waals surface area contributed by atoms with Crippen molar-refractivity contribution in [2.45, 2.75) is 45.2 Å². The first-order valence-corrected chi connectivity index (χ1v) is 12.6. The number of fused-ring (bicyclic) bond motifs is 2. The lowest BCUT2D eigenvalue weighted by Crippen LogP contribution is -2.45. The Morgan fingerprint density at radius 1 is 1.10 bits per heavy atom. The lowest BCUT2D eigenvalue weighted by molar-refractivity contribution is -0.141. The molecule has 0 saturated heterocycles. The van der Waals surface area contributed by atoms with E-state index in [1.807, 2.05) is 0 Å². The summed E-state index contributed by atoms with van der Waals surface area (Å²) < 4.78 is 65.1. The maximum atomic E-state index is 14.1. The van der Waals surface area contributed by atoms with Gasteiger partial charge in [0.25, 0.3) is 5.91 Å². The van der Waals surface area contributed by atoms with Crippen LogP contribution in [0.25, 0.3) is 22.4 Å². The number of methoxy groups -OCH3 is 1. The molecule has 2 amide bonds. The van der Waals surface area contributed by atoms with Crippen LogP contribution in [0.5, 0.6) is 5.75 Å². The van der Waals surface area contributed by atoms with Crippen LogP contribution in [0.2, 0.25) is 0 Å². The zero-order valence-corrected chi connectivity index (χ0v) is 22.2. The number of halogens is 4. The third kappa shape index (κ3) is 5.20. The van der Waals surface area contributed by atoms with Gasteiger partial charge in [-0.15, -0.1) is 0 Å². The van der Waals surface area contributed by atoms with Gasteiger partial charge >= 0.3 is 6.18 Å². The number of alkyl halides is 3. The molecule has 2 aromatic carbocycles. The Balaban J connectivity index is 1.44. The van der Waals surface area contributed by atoms with Crippen LogP contribution in [0.15, 0.2) is 46.9 Å². The number of benzene rings is 2. The topological polar surface area (TPSA) is 124 Å². The summed E-state index contributed by atoms with van der Waals surface area (Å²) in [5.74, 6) is -1.54. The van der Waals surface area contributed by atoms with Gasteiger partial charge in [-0.25, -0.2) is 14.4 Å². The van der Waals surface area contributed by atoms with Crippen LogP contribution in [0.3, 0.4) is 0 Å². The van der Waals surface area contributed by atoms with Crippen molar-refractivity contribution in [3.63, 3.8) is 0 Å². The lowest BCUT2D eigenvalue weighted by Gasteiger charge is -2.21. The summed E-state index contributed by atoms with van der Waals surface area (Å²) >= 11 is 0. The zero-order valence-electron chi connectivity index (χ0n) is 22.2. The van der Waals surface area contributed by atoms with Gasteiger partial charge in [0, 0.05) is 29.6 Å². The number of nitrogens with one attached hydrogen (secondary N) is 1. The van der Waals surface area contributed by atoms with Crippen molar-refractivity contribution in [2.24, 2.45) is 5.73 Å². The highest BCUT2D eigenvalue weighted by Crippen LogP contribution is 2.37. The fourth-order valence-corrected chi connectivity index (χ4v) is 4.76. The number of rotatable bonds is 6.